The number of alkyl halides is 3. The van der Waals surface area contributed by atoms with Crippen LogP contribution in [0.4, 0.5) is 19.1 Å². The monoisotopic (exact) mass is 368 g/mol. The van der Waals surface area contributed by atoms with Crippen LogP contribution in [0.3, 0.4) is 0 Å². The van der Waals surface area contributed by atoms with Gasteiger partial charge in [0.05, 0.1) is 6.54 Å². The van der Waals surface area contributed by atoms with Gasteiger partial charge in [0.1, 0.15) is 5.69 Å². The van der Waals surface area contributed by atoms with Crippen LogP contribution in [-0.2, 0) is 12.7 Å². The summed E-state index contributed by atoms with van der Waals surface area (Å²) in [5.41, 5.74) is -0.593. The maximum absolute atomic E-state index is 12.9. The molecular weight excluding hydrogens is 349 g/mol. The van der Waals surface area contributed by atoms with Crippen molar-refractivity contribution in [1.82, 2.24) is 25.1 Å². The number of piperazine rings is 1. The van der Waals surface area contributed by atoms with Crippen molar-refractivity contribution in [2.45, 2.75) is 38.4 Å². The topological polar surface area (TPSA) is 71.2 Å². The Bertz CT molecular complexity index is 781. The summed E-state index contributed by atoms with van der Waals surface area (Å²) in [6, 6.07) is 0.965. The van der Waals surface area contributed by atoms with Crippen molar-refractivity contribution in [2.24, 2.45) is 0 Å². The lowest BCUT2D eigenvalue weighted by Crippen LogP contribution is -2.46. The van der Waals surface area contributed by atoms with Crippen LogP contribution < -0.4 is 4.90 Å². The molecule has 4 rings (SSSR count). The summed E-state index contributed by atoms with van der Waals surface area (Å²) in [5, 5.41) is 8.15. The van der Waals surface area contributed by atoms with Gasteiger partial charge in [-0.15, -0.1) is 10.2 Å². The zero-order valence-corrected chi connectivity index (χ0v) is 14.3. The van der Waals surface area contributed by atoms with Gasteiger partial charge in [-0.3, -0.25) is 4.90 Å². The first-order chi connectivity index (χ1) is 12.4. The predicted octanol–water partition coefficient (Wildman–Crippen LogP) is 2.39. The molecule has 2 fully saturated rings. The molecule has 26 heavy (non-hydrogen) atoms. The maximum Gasteiger partial charge on any atom is 0.433 e. The van der Waals surface area contributed by atoms with Crippen LogP contribution in [0, 0.1) is 6.92 Å². The molecule has 0 radical (unpaired) electrons. The molecule has 7 nitrogen and oxygen atoms in total. The average Bonchev–Trinajstić information content (AvgIpc) is 3.34. The first kappa shape index (κ1) is 17.2. The SMILES string of the molecule is Cc1cc(C(F)(F)F)nc(N2CCN(Cc3nnc(C4CC4)o3)CC2)n1. The second-order valence-corrected chi connectivity index (χ2v) is 6.76. The summed E-state index contributed by atoms with van der Waals surface area (Å²) in [7, 11) is 0. The molecule has 0 unspecified atom stereocenters. The van der Waals surface area contributed by atoms with Crippen molar-refractivity contribution >= 4 is 5.95 Å². The van der Waals surface area contributed by atoms with Gasteiger partial charge < -0.3 is 9.32 Å². The average molecular weight is 368 g/mol. The molecule has 1 saturated heterocycles. The summed E-state index contributed by atoms with van der Waals surface area (Å²) in [4.78, 5) is 11.8. The van der Waals surface area contributed by atoms with Crippen molar-refractivity contribution in [3.63, 3.8) is 0 Å². The van der Waals surface area contributed by atoms with Crippen molar-refractivity contribution in [2.75, 3.05) is 31.1 Å². The summed E-state index contributed by atoms with van der Waals surface area (Å²) in [5.74, 6) is 1.86. The lowest BCUT2D eigenvalue weighted by Gasteiger charge is -2.34. The standard InChI is InChI=1S/C16H19F3N6O/c1-10-8-12(16(17,18)19)21-15(20-10)25-6-4-24(5-7-25)9-13-22-23-14(26-13)11-2-3-11/h8,11H,2-7,9H2,1H3. The minimum atomic E-state index is -4.47. The third-order valence-corrected chi connectivity index (χ3v) is 4.56. The van der Waals surface area contributed by atoms with Crippen molar-refractivity contribution < 1.29 is 17.6 Å². The molecule has 0 atom stereocenters. The van der Waals surface area contributed by atoms with E-state index in [1.807, 2.05) is 0 Å². The van der Waals surface area contributed by atoms with E-state index in [9.17, 15) is 13.2 Å². The van der Waals surface area contributed by atoms with Crippen LogP contribution in [0.25, 0.3) is 0 Å². The Morgan fingerprint density at radius 2 is 1.85 bits per heavy atom. The molecule has 0 amide bonds. The molecule has 0 aromatic carbocycles. The van der Waals surface area contributed by atoms with Crippen molar-refractivity contribution in [1.29, 1.82) is 0 Å². The molecule has 140 valence electrons. The molecule has 0 bridgehead atoms. The van der Waals surface area contributed by atoms with Gasteiger partial charge in [0.2, 0.25) is 17.7 Å². The number of anilines is 1. The van der Waals surface area contributed by atoms with Crippen LogP contribution in [0.5, 0.6) is 0 Å². The Kier molecular flexibility index (Phi) is 4.29. The molecule has 0 spiro atoms. The van der Waals surface area contributed by atoms with E-state index < -0.39 is 11.9 Å². The van der Waals surface area contributed by atoms with E-state index in [0.717, 1.165) is 18.9 Å². The number of hydrogen-bond donors (Lipinski definition) is 0. The third kappa shape index (κ3) is 3.79. The number of hydrogen-bond acceptors (Lipinski definition) is 7. The van der Waals surface area contributed by atoms with Gasteiger partial charge in [-0.1, -0.05) is 0 Å². The molecule has 3 heterocycles. The summed E-state index contributed by atoms with van der Waals surface area (Å²) >= 11 is 0. The second-order valence-electron chi connectivity index (χ2n) is 6.76. The fourth-order valence-corrected chi connectivity index (χ4v) is 2.96. The van der Waals surface area contributed by atoms with Gasteiger partial charge in [0.25, 0.3) is 0 Å². The third-order valence-electron chi connectivity index (χ3n) is 4.56. The lowest BCUT2D eigenvalue weighted by molar-refractivity contribution is -0.141. The van der Waals surface area contributed by atoms with Crippen LogP contribution in [0.2, 0.25) is 0 Å². The Morgan fingerprint density at radius 1 is 1.12 bits per heavy atom. The molecule has 1 aliphatic carbocycles. The number of nitrogens with zero attached hydrogens (tertiary/aromatic N) is 6. The predicted molar refractivity (Wildman–Crippen MR) is 85.5 cm³/mol. The first-order valence-electron chi connectivity index (χ1n) is 8.61. The number of rotatable bonds is 4. The van der Waals surface area contributed by atoms with Gasteiger partial charge in [0, 0.05) is 37.8 Å². The van der Waals surface area contributed by atoms with Gasteiger partial charge in [-0.2, -0.15) is 13.2 Å². The second kappa shape index (κ2) is 6.49. The number of halogens is 3. The Balaban J connectivity index is 1.37. The highest BCUT2D eigenvalue weighted by atomic mass is 19.4. The Morgan fingerprint density at radius 3 is 2.50 bits per heavy atom. The van der Waals surface area contributed by atoms with Gasteiger partial charge in [-0.25, -0.2) is 9.97 Å². The van der Waals surface area contributed by atoms with Crippen LogP contribution in [0.1, 0.15) is 41.9 Å². The van der Waals surface area contributed by atoms with E-state index >= 15 is 0 Å². The van der Waals surface area contributed by atoms with Gasteiger partial charge in [-0.05, 0) is 25.8 Å². The molecule has 0 N–H and O–H groups in total. The molecule has 2 aromatic rings. The zero-order valence-electron chi connectivity index (χ0n) is 14.3. The fourth-order valence-electron chi connectivity index (χ4n) is 2.96. The Hall–Kier alpha value is -2.23. The van der Waals surface area contributed by atoms with Gasteiger partial charge in [0.15, 0.2) is 0 Å². The number of aromatic nitrogens is 4. The lowest BCUT2D eigenvalue weighted by atomic mass is 10.3. The van der Waals surface area contributed by atoms with Crippen molar-refractivity contribution in [3.05, 3.63) is 29.2 Å². The molecule has 2 aliphatic rings. The normalized spacial score (nSPS) is 19.2. The fraction of sp³-hybridized carbons (Fsp3) is 0.625. The van der Waals surface area contributed by atoms with Crippen LogP contribution >= 0.6 is 0 Å². The first-order valence-corrected chi connectivity index (χ1v) is 8.61. The highest BCUT2D eigenvalue weighted by Gasteiger charge is 2.34. The number of aryl methyl sites for hydroxylation is 1. The molecule has 10 heteroatoms. The minimum absolute atomic E-state index is 0.130. The molecule has 1 aliphatic heterocycles. The molecule has 1 saturated carbocycles. The summed E-state index contributed by atoms with van der Waals surface area (Å²) < 4.78 is 44.5. The van der Waals surface area contributed by atoms with E-state index in [1.54, 1.807) is 11.8 Å². The highest BCUT2D eigenvalue weighted by Crippen LogP contribution is 2.39. The molecule has 2 aromatic heterocycles. The van der Waals surface area contributed by atoms with E-state index in [4.69, 9.17) is 4.42 Å². The summed E-state index contributed by atoms with van der Waals surface area (Å²) in [6.07, 6.45) is -2.26. The maximum atomic E-state index is 12.9. The van der Waals surface area contributed by atoms with E-state index in [1.165, 1.54) is 0 Å². The van der Waals surface area contributed by atoms with Gasteiger partial charge >= 0.3 is 6.18 Å². The van der Waals surface area contributed by atoms with E-state index in [2.05, 4.69) is 25.1 Å². The van der Waals surface area contributed by atoms with E-state index in [-0.39, 0.29) is 5.95 Å². The van der Waals surface area contributed by atoms with Crippen molar-refractivity contribution in [3.8, 4) is 0 Å². The molecular formula is C16H19F3N6O. The zero-order chi connectivity index (χ0) is 18.3. The summed E-state index contributed by atoms with van der Waals surface area (Å²) in [6.45, 7) is 4.52. The smallest absolute Gasteiger partial charge is 0.424 e. The highest BCUT2D eigenvalue weighted by molar-refractivity contribution is 5.33. The minimum Gasteiger partial charge on any atom is -0.424 e. The van der Waals surface area contributed by atoms with Crippen LogP contribution in [0.15, 0.2) is 10.5 Å². The Labute approximate surface area is 148 Å². The van der Waals surface area contributed by atoms with Crippen LogP contribution in [-0.4, -0.2) is 51.2 Å². The van der Waals surface area contributed by atoms with E-state index in [0.29, 0.717) is 56.1 Å². The largest absolute Gasteiger partial charge is 0.433 e. The quantitative estimate of drug-likeness (QED) is 0.820.